The molecular weight excluding hydrogens is 364 g/mol. The molecule has 3 nitrogen and oxygen atoms in total. The largest absolute Gasteiger partial charge is 0.344 e. The first kappa shape index (κ1) is 18.9. The van der Waals surface area contributed by atoms with Gasteiger partial charge in [0.05, 0.1) is 5.54 Å². The number of aromatic nitrogens is 1. The molecule has 3 aromatic rings. The van der Waals surface area contributed by atoms with E-state index >= 15 is 0 Å². The highest BCUT2D eigenvalue weighted by Gasteiger charge is 2.39. The highest BCUT2D eigenvalue weighted by molar-refractivity contribution is 7.09. The third kappa shape index (κ3) is 4.02. The minimum absolute atomic E-state index is 0.0545. The molecule has 0 bridgehead atoms. The van der Waals surface area contributed by atoms with Crippen LogP contribution in [0.15, 0.2) is 66.0 Å². The highest BCUT2D eigenvalue weighted by Crippen LogP contribution is 2.40. The zero-order valence-corrected chi connectivity index (χ0v) is 17.0. The number of aryl methyl sites for hydroxylation is 1. The Kier molecular flexibility index (Phi) is 5.58. The Morgan fingerprint density at radius 3 is 2.11 bits per heavy atom. The molecule has 1 N–H and O–H groups in total. The molecule has 1 aromatic heterocycles. The first-order chi connectivity index (χ1) is 13.7. The zero-order valence-electron chi connectivity index (χ0n) is 16.2. The van der Waals surface area contributed by atoms with Crippen LogP contribution in [0.25, 0.3) is 0 Å². The third-order valence-electron chi connectivity index (χ3n) is 5.66. The molecule has 1 saturated carbocycles. The van der Waals surface area contributed by atoms with Crippen LogP contribution >= 0.6 is 11.3 Å². The zero-order chi connectivity index (χ0) is 19.4. The van der Waals surface area contributed by atoms with Gasteiger partial charge in [-0.1, -0.05) is 73.5 Å². The average molecular weight is 391 g/mol. The van der Waals surface area contributed by atoms with E-state index < -0.39 is 0 Å². The van der Waals surface area contributed by atoms with Crippen molar-refractivity contribution in [2.24, 2.45) is 0 Å². The van der Waals surface area contributed by atoms with Crippen molar-refractivity contribution in [2.75, 3.05) is 0 Å². The van der Waals surface area contributed by atoms with E-state index in [2.05, 4.69) is 35.0 Å². The molecule has 4 heteroatoms. The Hall–Kier alpha value is -2.46. The van der Waals surface area contributed by atoms with Crippen LogP contribution in [0, 0.1) is 6.92 Å². The molecule has 0 radical (unpaired) electrons. The molecule has 1 heterocycles. The van der Waals surface area contributed by atoms with E-state index in [1.165, 1.54) is 11.1 Å². The topological polar surface area (TPSA) is 42.0 Å². The lowest BCUT2D eigenvalue weighted by molar-refractivity contribution is -0.123. The number of nitrogens with zero attached hydrogens (tertiary/aromatic N) is 1. The quantitative estimate of drug-likeness (QED) is 0.599. The molecule has 0 spiro atoms. The summed E-state index contributed by atoms with van der Waals surface area (Å²) in [6, 6.07) is 20.6. The summed E-state index contributed by atoms with van der Waals surface area (Å²) >= 11 is 1.67. The van der Waals surface area contributed by atoms with Gasteiger partial charge in [0.25, 0.3) is 0 Å². The van der Waals surface area contributed by atoms with Crippen molar-refractivity contribution >= 4 is 17.2 Å². The minimum atomic E-state index is -0.284. The van der Waals surface area contributed by atoms with Crippen molar-refractivity contribution in [2.45, 2.75) is 50.5 Å². The number of benzene rings is 2. The van der Waals surface area contributed by atoms with Gasteiger partial charge >= 0.3 is 0 Å². The molecule has 144 valence electrons. The van der Waals surface area contributed by atoms with Gasteiger partial charge in [-0.15, -0.1) is 11.3 Å². The first-order valence-corrected chi connectivity index (χ1v) is 10.9. The monoisotopic (exact) mass is 390 g/mol. The van der Waals surface area contributed by atoms with Crippen LogP contribution in [0.2, 0.25) is 0 Å². The van der Waals surface area contributed by atoms with Gasteiger partial charge in [0.15, 0.2) is 0 Å². The van der Waals surface area contributed by atoms with Gasteiger partial charge in [-0.3, -0.25) is 4.79 Å². The van der Waals surface area contributed by atoms with Crippen LogP contribution in [-0.4, -0.2) is 10.9 Å². The summed E-state index contributed by atoms with van der Waals surface area (Å²) in [4.78, 5) is 17.9. The van der Waals surface area contributed by atoms with Crippen LogP contribution in [0.4, 0.5) is 0 Å². The molecule has 1 aliphatic carbocycles. The van der Waals surface area contributed by atoms with Gasteiger partial charge < -0.3 is 5.32 Å². The predicted molar refractivity (Wildman–Crippen MR) is 114 cm³/mol. The number of rotatable bonds is 6. The number of nitrogens with one attached hydrogen (secondary N) is 1. The van der Waals surface area contributed by atoms with Crippen LogP contribution in [0.3, 0.4) is 0 Å². The fourth-order valence-corrected chi connectivity index (χ4v) is 5.26. The number of hydrogen-bond donors (Lipinski definition) is 1. The van der Waals surface area contributed by atoms with Gasteiger partial charge in [-0.05, 0) is 30.9 Å². The number of carbonyl (C=O) groups is 1. The van der Waals surface area contributed by atoms with Gasteiger partial charge in [-0.25, -0.2) is 4.98 Å². The summed E-state index contributed by atoms with van der Waals surface area (Å²) in [6.45, 7) is 2.02. The lowest BCUT2D eigenvalue weighted by Crippen LogP contribution is -2.44. The lowest BCUT2D eigenvalue weighted by Gasteiger charge is -2.29. The smallest absolute Gasteiger partial charge is 0.221 e. The summed E-state index contributed by atoms with van der Waals surface area (Å²) in [7, 11) is 0. The van der Waals surface area contributed by atoms with Crippen LogP contribution < -0.4 is 5.32 Å². The number of thiazole rings is 1. The maximum atomic E-state index is 13.2. The standard InChI is InChI=1S/C24H26N2OS/c1-18-17-28-23(25-18)24(14-8-9-15-24)26-22(27)16-21(19-10-4-2-5-11-19)20-12-6-3-7-13-20/h2-7,10-13,17,21H,8-9,14-16H2,1H3,(H,26,27). The fourth-order valence-electron chi connectivity index (χ4n) is 4.25. The van der Waals surface area contributed by atoms with Gasteiger partial charge in [0.1, 0.15) is 5.01 Å². The molecule has 28 heavy (non-hydrogen) atoms. The molecule has 0 saturated heterocycles. The van der Waals surface area contributed by atoms with Crippen molar-refractivity contribution in [3.8, 4) is 0 Å². The normalized spacial score (nSPS) is 15.6. The molecule has 2 aromatic carbocycles. The summed E-state index contributed by atoms with van der Waals surface area (Å²) in [6.07, 6.45) is 4.68. The molecule has 0 unspecified atom stereocenters. The maximum absolute atomic E-state index is 13.2. The van der Waals surface area contributed by atoms with E-state index in [1.807, 2.05) is 43.3 Å². The van der Waals surface area contributed by atoms with Crippen molar-refractivity contribution in [1.29, 1.82) is 0 Å². The average Bonchev–Trinajstić information content (AvgIpc) is 3.37. The Morgan fingerprint density at radius 1 is 1.04 bits per heavy atom. The van der Waals surface area contributed by atoms with Crippen LogP contribution in [0.5, 0.6) is 0 Å². The summed E-state index contributed by atoms with van der Waals surface area (Å²) in [5.74, 6) is 0.159. The summed E-state index contributed by atoms with van der Waals surface area (Å²) < 4.78 is 0. The van der Waals surface area contributed by atoms with Crippen LogP contribution in [-0.2, 0) is 10.3 Å². The fraction of sp³-hybridized carbons (Fsp3) is 0.333. The molecule has 0 atom stereocenters. The first-order valence-electron chi connectivity index (χ1n) is 10.00. The van der Waals surface area contributed by atoms with Gasteiger partial charge in [0, 0.05) is 23.4 Å². The molecule has 1 amide bonds. The van der Waals surface area contributed by atoms with Crippen LogP contribution in [0.1, 0.15) is 59.9 Å². The van der Waals surface area contributed by atoms with Gasteiger partial charge in [-0.2, -0.15) is 0 Å². The molecule has 1 fully saturated rings. The second-order valence-corrected chi connectivity index (χ2v) is 8.57. The minimum Gasteiger partial charge on any atom is -0.344 e. The van der Waals surface area contributed by atoms with E-state index in [0.717, 1.165) is 36.4 Å². The van der Waals surface area contributed by atoms with Crippen molar-refractivity contribution < 1.29 is 4.79 Å². The van der Waals surface area contributed by atoms with Crippen molar-refractivity contribution in [3.05, 3.63) is 87.9 Å². The molecule has 0 aliphatic heterocycles. The Balaban J connectivity index is 1.58. The Morgan fingerprint density at radius 2 is 1.61 bits per heavy atom. The predicted octanol–water partition coefficient (Wildman–Crippen LogP) is 5.56. The number of amides is 1. The Labute approximate surface area is 170 Å². The third-order valence-corrected chi connectivity index (χ3v) is 6.82. The van der Waals surface area contributed by atoms with E-state index in [9.17, 15) is 4.79 Å². The molecule has 4 rings (SSSR count). The second kappa shape index (κ2) is 8.27. The SMILES string of the molecule is Cc1csc(C2(NC(=O)CC(c3ccccc3)c3ccccc3)CCCC2)n1. The van der Waals surface area contributed by atoms with E-state index in [-0.39, 0.29) is 17.4 Å². The van der Waals surface area contributed by atoms with Gasteiger partial charge in [0.2, 0.25) is 5.91 Å². The molecule has 1 aliphatic rings. The van der Waals surface area contributed by atoms with Crippen molar-refractivity contribution in [1.82, 2.24) is 10.3 Å². The Bertz CT molecular complexity index is 875. The lowest BCUT2D eigenvalue weighted by atomic mass is 9.87. The van der Waals surface area contributed by atoms with Crippen molar-refractivity contribution in [3.63, 3.8) is 0 Å². The second-order valence-electron chi connectivity index (χ2n) is 7.71. The number of hydrogen-bond acceptors (Lipinski definition) is 3. The summed E-state index contributed by atoms with van der Waals surface area (Å²) in [5.41, 5.74) is 3.10. The number of carbonyl (C=O) groups excluding carboxylic acids is 1. The van der Waals surface area contributed by atoms with E-state index in [1.54, 1.807) is 11.3 Å². The van der Waals surface area contributed by atoms with E-state index in [0.29, 0.717) is 6.42 Å². The highest BCUT2D eigenvalue weighted by atomic mass is 32.1. The maximum Gasteiger partial charge on any atom is 0.221 e. The van der Waals surface area contributed by atoms with E-state index in [4.69, 9.17) is 4.98 Å². The summed E-state index contributed by atoms with van der Waals surface area (Å²) in [5, 5.41) is 6.54. The molecular formula is C24H26N2OS.